The van der Waals surface area contributed by atoms with Gasteiger partial charge in [0.15, 0.2) is 0 Å². The second kappa shape index (κ2) is 8.97. The highest BCUT2D eigenvalue weighted by Gasteiger charge is 2.17. The van der Waals surface area contributed by atoms with Crippen molar-refractivity contribution in [3.8, 4) is 0 Å². The second-order valence-electron chi connectivity index (χ2n) is 8.22. The highest BCUT2D eigenvalue weighted by atomic mass is 32.2. The van der Waals surface area contributed by atoms with Gasteiger partial charge in [0, 0.05) is 38.3 Å². The van der Waals surface area contributed by atoms with Gasteiger partial charge in [0.05, 0.1) is 10.6 Å². The van der Waals surface area contributed by atoms with E-state index in [1.165, 1.54) is 0 Å². The predicted molar refractivity (Wildman–Crippen MR) is 117 cm³/mol. The quantitative estimate of drug-likeness (QED) is 0.577. The maximum absolute atomic E-state index is 12.4. The number of imidazole rings is 1. The van der Waals surface area contributed by atoms with E-state index < -0.39 is 10.0 Å². The molecule has 0 saturated heterocycles. The van der Waals surface area contributed by atoms with E-state index in [-0.39, 0.29) is 29.2 Å². The molecule has 0 saturated carbocycles. The first-order valence-corrected chi connectivity index (χ1v) is 11.4. The first-order valence-electron chi connectivity index (χ1n) is 9.95. The second-order valence-corrected chi connectivity index (χ2v) is 9.99. The smallest absolute Gasteiger partial charge is 0.240 e. The zero-order valence-corrected chi connectivity index (χ0v) is 18.4. The van der Waals surface area contributed by atoms with Crippen LogP contribution in [-0.2, 0) is 26.7 Å². The van der Waals surface area contributed by atoms with Crippen molar-refractivity contribution >= 4 is 21.6 Å². The Labute approximate surface area is 177 Å². The summed E-state index contributed by atoms with van der Waals surface area (Å²) in [5.74, 6) is -0.204. The van der Waals surface area contributed by atoms with Gasteiger partial charge in [-0.1, -0.05) is 39.0 Å². The minimum Gasteiger partial charge on any atom is -0.356 e. The van der Waals surface area contributed by atoms with E-state index in [2.05, 4.69) is 35.8 Å². The summed E-state index contributed by atoms with van der Waals surface area (Å²) < 4.78 is 29.2. The minimum absolute atomic E-state index is 0.0445. The molecule has 0 aliphatic carbocycles. The molecular weight excluding hydrogens is 400 g/mol. The van der Waals surface area contributed by atoms with Crippen LogP contribution in [0.15, 0.2) is 59.8 Å². The van der Waals surface area contributed by atoms with Gasteiger partial charge in [0.1, 0.15) is 5.65 Å². The molecule has 1 amide bonds. The summed E-state index contributed by atoms with van der Waals surface area (Å²) in [7, 11) is -3.64. The number of hydrogen-bond donors (Lipinski definition) is 2. The summed E-state index contributed by atoms with van der Waals surface area (Å²) >= 11 is 0. The van der Waals surface area contributed by atoms with Gasteiger partial charge in [-0.3, -0.25) is 4.79 Å². The Morgan fingerprint density at radius 2 is 1.80 bits per heavy atom. The van der Waals surface area contributed by atoms with Crippen molar-refractivity contribution in [3.63, 3.8) is 0 Å². The molecule has 160 valence electrons. The molecule has 2 aromatic heterocycles. The van der Waals surface area contributed by atoms with Crippen molar-refractivity contribution in [3.05, 3.63) is 66.1 Å². The first kappa shape index (κ1) is 22.0. The molecular formula is C22H28N4O3S. The third-order valence-corrected chi connectivity index (χ3v) is 6.27. The number of carbonyl (C=O) groups is 1. The number of sulfonamides is 1. The Morgan fingerprint density at radius 1 is 1.07 bits per heavy atom. The molecule has 0 bridgehead atoms. The summed E-state index contributed by atoms with van der Waals surface area (Å²) in [5, 5.41) is 2.80. The standard InChI is InChI=1S/C22H28N4O3S/c1-22(2,3)17-7-9-19(10-8-17)30(28,29)24-14-12-21(27)23-13-11-18-16-26-15-5-4-6-20(26)25-18/h4-10,15-16,24H,11-14H2,1-3H3,(H,23,27). The number of rotatable bonds is 8. The third-order valence-electron chi connectivity index (χ3n) is 4.79. The lowest BCUT2D eigenvalue weighted by molar-refractivity contribution is -0.120. The summed E-state index contributed by atoms with van der Waals surface area (Å²) in [5.41, 5.74) is 2.77. The fourth-order valence-electron chi connectivity index (χ4n) is 3.04. The summed E-state index contributed by atoms with van der Waals surface area (Å²) in [6.07, 6.45) is 4.54. The zero-order valence-electron chi connectivity index (χ0n) is 17.6. The van der Waals surface area contributed by atoms with Crippen molar-refractivity contribution in [2.45, 2.75) is 43.9 Å². The van der Waals surface area contributed by atoms with E-state index in [1.54, 1.807) is 12.1 Å². The van der Waals surface area contributed by atoms with Crippen molar-refractivity contribution in [2.24, 2.45) is 0 Å². The Balaban J connectivity index is 1.43. The SMILES string of the molecule is CC(C)(C)c1ccc(S(=O)(=O)NCCC(=O)NCCc2cn3ccccc3n2)cc1. The van der Waals surface area contributed by atoms with Crippen LogP contribution in [0, 0.1) is 0 Å². The van der Waals surface area contributed by atoms with Crippen molar-refractivity contribution in [1.82, 2.24) is 19.4 Å². The molecule has 0 fully saturated rings. The van der Waals surface area contributed by atoms with Crippen molar-refractivity contribution < 1.29 is 13.2 Å². The van der Waals surface area contributed by atoms with Crippen LogP contribution in [0.3, 0.4) is 0 Å². The fourth-order valence-corrected chi connectivity index (χ4v) is 4.07. The number of pyridine rings is 1. The predicted octanol–water partition coefficient (Wildman–Crippen LogP) is 2.66. The van der Waals surface area contributed by atoms with Crippen LogP contribution >= 0.6 is 0 Å². The van der Waals surface area contributed by atoms with Crippen LogP contribution in [0.4, 0.5) is 0 Å². The van der Waals surface area contributed by atoms with Gasteiger partial charge in [0.2, 0.25) is 15.9 Å². The van der Waals surface area contributed by atoms with E-state index in [0.29, 0.717) is 13.0 Å². The van der Waals surface area contributed by atoms with Crippen LogP contribution in [0.2, 0.25) is 0 Å². The lowest BCUT2D eigenvalue weighted by Crippen LogP contribution is -2.31. The first-order chi connectivity index (χ1) is 14.1. The van der Waals surface area contributed by atoms with E-state index in [0.717, 1.165) is 16.9 Å². The van der Waals surface area contributed by atoms with Gasteiger partial charge in [-0.15, -0.1) is 0 Å². The van der Waals surface area contributed by atoms with E-state index >= 15 is 0 Å². The van der Waals surface area contributed by atoms with E-state index in [9.17, 15) is 13.2 Å². The molecule has 3 rings (SSSR count). The van der Waals surface area contributed by atoms with Crippen LogP contribution < -0.4 is 10.0 Å². The molecule has 0 aliphatic rings. The Morgan fingerprint density at radius 3 is 2.47 bits per heavy atom. The number of aromatic nitrogens is 2. The molecule has 0 radical (unpaired) electrons. The number of hydrogen-bond acceptors (Lipinski definition) is 4. The maximum Gasteiger partial charge on any atom is 0.240 e. The van der Waals surface area contributed by atoms with Gasteiger partial charge >= 0.3 is 0 Å². The van der Waals surface area contributed by atoms with Gasteiger partial charge in [0.25, 0.3) is 0 Å². The topological polar surface area (TPSA) is 92.6 Å². The van der Waals surface area contributed by atoms with E-state index in [1.807, 2.05) is 47.1 Å². The molecule has 0 unspecified atom stereocenters. The molecule has 2 heterocycles. The highest BCUT2D eigenvalue weighted by Crippen LogP contribution is 2.23. The molecule has 8 heteroatoms. The third kappa shape index (κ3) is 5.67. The Bertz CT molecular complexity index is 1080. The molecule has 0 spiro atoms. The number of nitrogens with zero attached hydrogens (tertiary/aromatic N) is 2. The van der Waals surface area contributed by atoms with E-state index in [4.69, 9.17) is 0 Å². The normalized spacial score (nSPS) is 12.2. The van der Waals surface area contributed by atoms with Crippen LogP contribution in [0.1, 0.15) is 38.4 Å². The van der Waals surface area contributed by atoms with Crippen LogP contribution in [-0.4, -0.2) is 36.8 Å². The number of nitrogens with one attached hydrogen (secondary N) is 2. The van der Waals surface area contributed by atoms with Crippen LogP contribution in [0.25, 0.3) is 5.65 Å². The Kier molecular flexibility index (Phi) is 6.58. The summed E-state index contributed by atoms with van der Waals surface area (Å²) in [6, 6.07) is 12.6. The zero-order chi connectivity index (χ0) is 21.8. The van der Waals surface area contributed by atoms with Crippen molar-refractivity contribution in [1.29, 1.82) is 0 Å². The highest BCUT2D eigenvalue weighted by molar-refractivity contribution is 7.89. The lowest BCUT2D eigenvalue weighted by Gasteiger charge is -2.19. The van der Waals surface area contributed by atoms with Gasteiger partial charge in [-0.25, -0.2) is 18.1 Å². The summed E-state index contributed by atoms with van der Waals surface area (Å²) in [4.78, 5) is 16.7. The lowest BCUT2D eigenvalue weighted by atomic mass is 9.87. The molecule has 0 atom stereocenters. The number of carbonyl (C=O) groups excluding carboxylic acids is 1. The van der Waals surface area contributed by atoms with Gasteiger partial charge < -0.3 is 9.72 Å². The Hall–Kier alpha value is -2.71. The average Bonchev–Trinajstić information content (AvgIpc) is 3.10. The van der Waals surface area contributed by atoms with Gasteiger partial charge in [-0.05, 0) is 35.2 Å². The fraction of sp³-hybridized carbons (Fsp3) is 0.364. The largest absolute Gasteiger partial charge is 0.356 e. The average molecular weight is 429 g/mol. The van der Waals surface area contributed by atoms with Crippen LogP contribution in [0.5, 0.6) is 0 Å². The number of amides is 1. The molecule has 2 N–H and O–H groups in total. The monoisotopic (exact) mass is 428 g/mol. The summed E-state index contributed by atoms with van der Waals surface area (Å²) in [6.45, 7) is 6.71. The minimum atomic E-state index is -3.64. The maximum atomic E-state index is 12.4. The number of fused-ring (bicyclic) bond motifs is 1. The molecule has 7 nitrogen and oxygen atoms in total. The molecule has 3 aromatic rings. The molecule has 1 aromatic carbocycles. The number of benzene rings is 1. The molecule has 0 aliphatic heterocycles. The van der Waals surface area contributed by atoms with Crippen molar-refractivity contribution in [2.75, 3.05) is 13.1 Å². The molecule has 30 heavy (non-hydrogen) atoms. The van der Waals surface area contributed by atoms with Gasteiger partial charge in [-0.2, -0.15) is 0 Å².